The lowest BCUT2D eigenvalue weighted by Gasteiger charge is -2.29. The molecule has 0 unspecified atom stereocenters. The van der Waals surface area contributed by atoms with Gasteiger partial charge in [-0.1, -0.05) is 44.3 Å². The Balaban J connectivity index is 2.66. The van der Waals surface area contributed by atoms with Crippen molar-refractivity contribution in [1.82, 2.24) is 5.32 Å². The van der Waals surface area contributed by atoms with Crippen molar-refractivity contribution in [3.63, 3.8) is 0 Å². The number of hydrogen-bond acceptors (Lipinski definition) is 3. The summed E-state index contributed by atoms with van der Waals surface area (Å²) in [5.41, 5.74) is 6.10. The van der Waals surface area contributed by atoms with Gasteiger partial charge in [-0.15, -0.1) is 0 Å². The molecule has 0 atom stereocenters. The van der Waals surface area contributed by atoms with E-state index in [9.17, 15) is 4.79 Å². The normalized spacial score (nSPS) is 11.0. The standard InChI is InChI=1S/C16H24N2O2S/c1-4-16(5-2,14(17)21)15(19)18-11-10-12-8-6-7-9-13(12)20-3/h6-9H,4-5,10-11H2,1-3H3,(H2,17,21)(H,18,19). The lowest BCUT2D eigenvalue weighted by Crippen LogP contribution is -2.48. The van der Waals surface area contributed by atoms with Gasteiger partial charge in [-0.2, -0.15) is 0 Å². The Hall–Kier alpha value is -1.62. The number of rotatable bonds is 8. The Morgan fingerprint density at radius 3 is 2.48 bits per heavy atom. The van der Waals surface area contributed by atoms with E-state index >= 15 is 0 Å². The monoisotopic (exact) mass is 308 g/mol. The number of nitrogens with two attached hydrogens (primary N) is 1. The maximum absolute atomic E-state index is 12.4. The summed E-state index contributed by atoms with van der Waals surface area (Å²) in [5, 5.41) is 2.94. The van der Waals surface area contributed by atoms with Crippen LogP contribution in [0.4, 0.5) is 0 Å². The quantitative estimate of drug-likeness (QED) is 0.724. The first-order chi connectivity index (χ1) is 10.0. The molecule has 0 aliphatic rings. The molecule has 1 aromatic rings. The summed E-state index contributed by atoms with van der Waals surface area (Å²) in [5.74, 6) is 0.744. The molecule has 0 bridgehead atoms. The fourth-order valence-corrected chi connectivity index (χ4v) is 2.80. The summed E-state index contributed by atoms with van der Waals surface area (Å²) in [6.07, 6.45) is 1.93. The van der Waals surface area contributed by atoms with Gasteiger partial charge in [0.25, 0.3) is 0 Å². The maximum Gasteiger partial charge on any atom is 0.233 e. The van der Waals surface area contributed by atoms with Gasteiger partial charge >= 0.3 is 0 Å². The van der Waals surface area contributed by atoms with E-state index in [-0.39, 0.29) is 10.9 Å². The lowest BCUT2D eigenvalue weighted by molar-refractivity contribution is -0.127. The van der Waals surface area contributed by atoms with Crippen LogP contribution in [0.2, 0.25) is 0 Å². The Kier molecular flexibility index (Phi) is 6.62. The second-order valence-electron chi connectivity index (χ2n) is 4.97. The van der Waals surface area contributed by atoms with Gasteiger partial charge in [0, 0.05) is 6.54 Å². The highest BCUT2D eigenvalue weighted by Gasteiger charge is 2.37. The predicted molar refractivity (Wildman–Crippen MR) is 89.5 cm³/mol. The maximum atomic E-state index is 12.4. The number of ether oxygens (including phenoxy) is 1. The Morgan fingerprint density at radius 2 is 1.95 bits per heavy atom. The number of methoxy groups -OCH3 is 1. The van der Waals surface area contributed by atoms with Crippen LogP contribution in [0.5, 0.6) is 5.75 Å². The SMILES string of the molecule is CCC(CC)(C(=O)NCCc1ccccc1OC)C(N)=S. The van der Waals surface area contributed by atoms with Gasteiger partial charge in [0.2, 0.25) is 5.91 Å². The molecule has 21 heavy (non-hydrogen) atoms. The van der Waals surface area contributed by atoms with E-state index in [0.29, 0.717) is 25.8 Å². The van der Waals surface area contributed by atoms with Gasteiger partial charge in [0.15, 0.2) is 0 Å². The van der Waals surface area contributed by atoms with Crippen molar-refractivity contribution >= 4 is 23.1 Å². The van der Waals surface area contributed by atoms with Crippen LogP contribution >= 0.6 is 12.2 Å². The molecule has 0 radical (unpaired) electrons. The lowest BCUT2D eigenvalue weighted by atomic mass is 9.81. The zero-order valence-electron chi connectivity index (χ0n) is 12.9. The minimum absolute atomic E-state index is 0.0881. The molecule has 1 rings (SSSR count). The van der Waals surface area contributed by atoms with Crippen LogP contribution in [0.15, 0.2) is 24.3 Å². The van der Waals surface area contributed by atoms with Crippen molar-refractivity contribution in [1.29, 1.82) is 0 Å². The first kappa shape index (κ1) is 17.4. The van der Waals surface area contributed by atoms with Gasteiger partial charge in [0.1, 0.15) is 5.75 Å². The minimum atomic E-state index is -0.740. The number of carbonyl (C=O) groups excluding carboxylic acids is 1. The number of amides is 1. The summed E-state index contributed by atoms with van der Waals surface area (Å²) in [4.78, 5) is 12.7. The molecule has 0 saturated carbocycles. The van der Waals surface area contributed by atoms with Gasteiger partial charge < -0.3 is 15.8 Å². The third-order valence-electron chi connectivity index (χ3n) is 3.99. The molecule has 4 nitrogen and oxygen atoms in total. The average molecular weight is 308 g/mol. The van der Waals surface area contributed by atoms with Gasteiger partial charge in [-0.3, -0.25) is 4.79 Å². The molecule has 3 N–H and O–H groups in total. The van der Waals surface area contributed by atoms with E-state index in [1.165, 1.54) is 0 Å². The summed E-state index contributed by atoms with van der Waals surface area (Å²) in [7, 11) is 1.64. The van der Waals surface area contributed by atoms with Crippen molar-refractivity contribution < 1.29 is 9.53 Å². The van der Waals surface area contributed by atoms with E-state index < -0.39 is 5.41 Å². The van der Waals surface area contributed by atoms with Crippen LogP contribution in [0, 0.1) is 5.41 Å². The van der Waals surface area contributed by atoms with Crippen LogP contribution in [-0.2, 0) is 11.2 Å². The molecule has 1 aromatic carbocycles. The molecule has 0 heterocycles. The van der Waals surface area contributed by atoms with E-state index in [1.807, 2.05) is 38.1 Å². The first-order valence-electron chi connectivity index (χ1n) is 7.22. The van der Waals surface area contributed by atoms with E-state index in [2.05, 4.69) is 5.32 Å². The number of carbonyl (C=O) groups is 1. The van der Waals surface area contributed by atoms with Crippen LogP contribution in [0.1, 0.15) is 32.3 Å². The molecule has 116 valence electrons. The van der Waals surface area contributed by atoms with E-state index in [4.69, 9.17) is 22.7 Å². The molecule has 0 aromatic heterocycles. The van der Waals surface area contributed by atoms with Crippen molar-refractivity contribution in [3.05, 3.63) is 29.8 Å². The highest BCUT2D eigenvalue weighted by molar-refractivity contribution is 7.80. The van der Waals surface area contributed by atoms with E-state index in [0.717, 1.165) is 11.3 Å². The Morgan fingerprint density at radius 1 is 1.33 bits per heavy atom. The topological polar surface area (TPSA) is 64.3 Å². The van der Waals surface area contributed by atoms with Gasteiger partial charge in [-0.25, -0.2) is 0 Å². The highest BCUT2D eigenvalue weighted by atomic mass is 32.1. The molecule has 0 spiro atoms. The number of nitrogens with one attached hydrogen (secondary N) is 1. The van der Waals surface area contributed by atoms with Crippen LogP contribution in [0.25, 0.3) is 0 Å². The van der Waals surface area contributed by atoms with Crippen molar-refractivity contribution in [2.75, 3.05) is 13.7 Å². The molecule has 0 aliphatic carbocycles. The number of para-hydroxylation sites is 1. The zero-order chi connectivity index (χ0) is 15.9. The minimum Gasteiger partial charge on any atom is -0.496 e. The summed E-state index contributed by atoms with van der Waals surface area (Å²) in [6, 6.07) is 7.78. The summed E-state index contributed by atoms with van der Waals surface area (Å²) >= 11 is 5.08. The number of hydrogen-bond donors (Lipinski definition) is 2. The molecule has 0 fully saturated rings. The highest BCUT2D eigenvalue weighted by Crippen LogP contribution is 2.27. The molecule has 0 saturated heterocycles. The first-order valence-corrected chi connectivity index (χ1v) is 7.62. The summed E-state index contributed by atoms with van der Waals surface area (Å²) < 4.78 is 5.30. The zero-order valence-corrected chi connectivity index (χ0v) is 13.8. The molecule has 5 heteroatoms. The average Bonchev–Trinajstić information content (AvgIpc) is 2.49. The van der Waals surface area contributed by atoms with Crippen LogP contribution in [-0.4, -0.2) is 24.6 Å². The Bertz CT molecular complexity index is 499. The van der Waals surface area contributed by atoms with Crippen molar-refractivity contribution in [2.45, 2.75) is 33.1 Å². The molecular formula is C16H24N2O2S. The number of benzene rings is 1. The summed E-state index contributed by atoms with van der Waals surface area (Å²) in [6.45, 7) is 4.40. The third kappa shape index (κ3) is 3.94. The molecule has 0 aliphatic heterocycles. The number of thiocarbonyl (C=S) groups is 1. The largest absolute Gasteiger partial charge is 0.496 e. The van der Waals surface area contributed by atoms with Crippen molar-refractivity contribution in [3.8, 4) is 5.75 Å². The van der Waals surface area contributed by atoms with Gasteiger partial charge in [0.05, 0.1) is 17.5 Å². The fourth-order valence-electron chi connectivity index (χ4n) is 2.42. The van der Waals surface area contributed by atoms with Crippen LogP contribution in [0.3, 0.4) is 0 Å². The fraction of sp³-hybridized carbons (Fsp3) is 0.500. The second-order valence-corrected chi connectivity index (χ2v) is 5.41. The smallest absolute Gasteiger partial charge is 0.233 e. The second kappa shape index (κ2) is 7.98. The van der Waals surface area contributed by atoms with Crippen molar-refractivity contribution in [2.24, 2.45) is 11.1 Å². The van der Waals surface area contributed by atoms with E-state index in [1.54, 1.807) is 7.11 Å². The van der Waals surface area contributed by atoms with Crippen LogP contribution < -0.4 is 15.8 Å². The molecule has 1 amide bonds. The third-order valence-corrected chi connectivity index (χ3v) is 4.38. The molecular weight excluding hydrogens is 284 g/mol. The van der Waals surface area contributed by atoms with Gasteiger partial charge in [-0.05, 0) is 30.9 Å². The predicted octanol–water partition coefficient (Wildman–Crippen LogP) is 2.45. The Labute approximate surface area is 132 Å².